The van der Waals surface area contributed by atoms with E-state index in [0.29, 0.717) is 4.90 Å². The highest BCUT2D eigenvalue weighted by molar-refractivity contribution is 5.26. The molecule has 0 atom stereocenters. The van der Waals surface area contributed by atoms with Gasteiger partial charge in [-0.05, 0) is 38.2 Å². The monoisotopic (exact) mass is 154 g/mol. The summed E-state index contributed by atoms with van der Waals surface area (Å²) in [6.07, 6.45) is 4.14. The van der Waals surface area contributed by atoms with E-state index in [1.165, 1.54) is 6.42 Å². The second kappa shape index (κ2) is 2.32. The van der Waals surface area contributed by atoms with E-state index in [1.54, 1.807) is 0 Å². The van der Waals surface area contributed by atoms with Gasteiger partial charge in [-0.15, -0.1) is 5.10 Å². The summed E-state index contributed by atoms with van der Waals surface area (Å²) in [4.78, 5) is 0.545. The molecule has 3 heteroatoms. The Kier molecular flexibility index (Phi) is 1.44. The van der Waals surface area contributed by atoms with Crippen molar-refractivity contribution in [1.82, 2.24) is 10.0 Å². The first-order chi connectivity index (χ1) is 5.29. The van der Waals surface area contributed by atoms with E-state index >= 15 is 0 Å². The van der Waals surface area contributed by atoms with Crippen molar-refractivity contribution < 1.29 is 4.48 Å². The fraction of sp³-hybridized carbons (Fsp3) is 0.625. The highest BCUT2D eigenvalue weighted by Crippen LogP contribution is 2.23. The number of nitrogens with zero attached hydrogens (tertiary/aromatic N) is 2. The Morgan fingerprint density at radius 1 is 1.36 bits per heavy atom. The van der Waals surface area contributed by atoms with Gasteiger partial charge in [-0.25, -0.2) is 0 Å². The maximum Gasteiger partial charge on any atom is 0.0778 e. The molecule has 2 rings (SSSR count). The number of aryl methyl sites for hydroxylation is 1. The van der Waals surface area contributed by atoms with Crippen LogP contribution < -0.4 is 0 Å². The Balaban J connectivity index is 2.52. The molecule has 11 heavy (non-hydrogen) atoms. The van der Waals surface area contributed by atoms with Crippen LogP contribution in [-0.4, -0.2) is 10.0 Å². The standard InChI is InChI=1S/C8H11FN2/c1-6-7-4-2-3-5-8(7)11(9)10-6/h2-5H2,1H3. The molecule has 0 saturated carbocycles. The van der Waals surface area contributed by atoms with Crippen molar-refractivity contribution in [3.8, 4) is 0 Å². The van der Waals surface area contributed by atoms with E-state index in [4.69, 9.17) is 0 Å². The lowest BCUT2D eigenvalue weighted by atomic mass is 9.96. The van der Waals surface area contributed by atoms with Crippen LogP contribution in [0.5, 0.6) is 0 Å². The topological polar surface area (TPSA) is 17.8 Å². The van der Waals surface area contributed by atoms with Crippen LogP contribution in [0.2, 0.25) is 0 Å². The summed E-state index contributed by atoms with van der Waals surface area (Å²) in [5.41, 5.74) is 2.80. The van der Waals surface area contributed by atoms with Crippen LogP contribution in [0.3, 0.4) is 0 Å². The van der Waals surface area contributed by atoms with E-state index in [1.807, 2.05) is 6.92 Å². The van der Waals surface area contributed by atoms with Gasteiger partial charge in [0.2, 0.25) is 0 Å². The molecule has 1 aromatic heterocycles. The zero-order valence-electron chi connectivity index (χ0n) is 6.60. The zero-order chi connectivity index (χ0) is 7.84. The van der Waals surface area contributed by atoms with Crippen LogP contribution in [-0.2, 0) is 12.8 Å². The first-order valence-electron chi connectivity index (χ1n) is 4.02. The van der Waals surface area contributed by atoms with Crippen LogP contribution in [0.4, 0.5) is 4.48 Å². The number of fused-ring (bicyclic) bond motifs is 1. The fourth-order valence-corrected chi connectivity index (χ4v) is 1.74. The minimum Gasteiger partial charge on any atom is -0.147 e. The minimum absolute atomic E-state index is 0.545. The molecule has 0 spiro atoms. The van der Waals surface area contributed by atoms with Crippen LogP contribution >= 0.6 is 0 Å². The molecule has 0 saturated heterocycles. The van der Waals surface area contributed by atoms with Gasteiger partial charge in [0.25, 0.3) is 0 Å². The molecule has 1 aromatic rings. The van der Waals surface area contributed by atoms with E-state index < -0.39 is 0 Å². The lowest BCUT2D eigenvalue weighted by molar-refractivity contribution is 0.297. The molecule has 1 aliphatic carbocycles. The van der Waals surface area contributed by atoms with Gasteiger partial charge in [0.1, 0.15) is 0 Å². The summed E-state index contributed by atoms with van der Waals surface area (Å²) in [6.45, 7) is 1.88. The molecule has 0 aromatic carbocycles. The van der Waals surface area contributed by atoms with Crippen molar-refractivity contribution in [1.29, 1.82) is 0 Å². The Bertz CT molecular complexity index is 251. The van der Waals surface area contributed by atoms with Crippen molar-refractivity contribution in [3.63, 3.8) is 0 Å². The minimum atomic E-state index is 0.545. The molecule has 0 N–H and O–H groups in total. The van der Waals surface area contributed by atoms with E-state index in [-0.39, 0.29) is 0 Å². The average Bonchev–Trinajstić information content (AvgIpc) is 2.30. The van der Waals surface area contributed by atoms with Crippen molar-refractivity contribution in [2.24, 2.45) is 0 Å². The second-order valence-corrected chi connectivity index (χ2v) is 3.08. The normalized spacial score (nSPS) is 16.5. The summed E-state index contributed by atoms with van der Waals surface area (Å²) in [7, 11) is 0. The van der Waals surface area contributed by atoms with Crippen molar-refractivity contribution in [2.75, 3.05) is 0 Å². The number of aromatic nitrogens is 2. The highest BCUT2D eigenvalue weighted by Gasteiger charge is 2.17. The molecular weight excluding hydrogens is 143 g/mol. The Labute approximate surface area is 65.0 Å². The summed E-state index contributed by atoms with van der Waals surface area (Å²) in [6, 6.07) is 0. The third-order valence-corrected chi connectivity index (χ3v) is 2.34. The van der Waals surface area contributed by atoms with Gasteiger partial charge >= 0.3 is 0 Å². The predicted octanol–water partition coefficient (Wildman–Crippen LogP) is 1.80. The molecule has 0 fully saturated rings. The molecule has 1 heterocycles. The summed E-state index contributed by atoms with van der Waals surface area (Å²) >= 11 is 0. The third-order valence-electron chi connectivity index (χ3n) is 2.34. The first kappa shape index (κ1) is 6.83. The molecular formula is C8H11FN2. The molecule has 60 valence electrons. The van der Waals surface area contributed by atoms with Gasteiger partial charge in [0.15, 0.2) is 0 Å². The quantitative estimate of drug-likeness (QED) is 0.557. The summed E-state index contributed by atoms with van der Waals surface area (Å²) in [5.74, 6) is 0. The van der Waals surface area contributed by atoms with E-state index in [2.05, 4.69) is 5.10 Å². The SMILES string of the molecule is Cc1nn(F)c2c1CCCC2. The molecule has 0 bridgehead atoms. The van der Waals surface area contributed by atoms with Gasteiger partial charge in [-0.2, -0.15) is 0 Å². The molecule has 0 unspecified atom stereocenters. The average molecular weight is 154 g/mol. The number of hydrogen-bond donors (Lipinski definition) is 0. The maximum absolute atomic E-state index is 12.9. The van der Waals surface area contributed by atoms with Gasteiger partial charge in [0.05, 0.1) is 11.4 Å². The van der Waals surface area contributed by atoms with Gasteiger partial charge in [-0.1, -0.05) is 9.39 Å². The van der Waals surface area contributed by atoms with Crippen molar-refractivity contribution in [2.45, 2.75) is 32.6 Å². The summed E-state index contributed by atoms with van der Waals surface area (Å²) in [5, 5.41) is 3.74. The Morgan fingerprint density at radius 3 is 2.82 bits per heavy atom. The van der Waals surface area contributed by atoms with Crippen molar-refractivity contribution in [3.05, 3.63) is 17.0 Å². The fourth-order valence-electron chi connectivity index (χ4n) is 1.74. The highest BCUT2D eigenvalue weighted by atomic mass is 19.2. The summed E-state index contributed by atoms with van der Waals surface area (Å²) < 4.78 is 12.9. The van der Waals surface area contributed by atoms with Gasteiger partial charge in [-0.3, -0.25) is 0 Å². The van der Waals surface area contributed by atoms with E-state index in [9.17, 15) is 4.48 Å². The van der Waals surface area contributed by atoms with Crippen LogP contribution in [0.15, 0.2) is 0 Å². The largest absolute Gasteiger partial charge is 0.147 e. The number of halogens is 1. The van der Waals surface area contributed by atoms with Crippen LogP contribution in [0, 0.1) is 6.92 Å². The first-order valence-corrected chi connectivity index (χ1v) is 4.02. The van der Waals surface area contributed by atoms with Crippen molar-refractivity contribution >= 4 is 0 Å². The van der Waals surface area contributed by atoms with E-state index in [0.717, 1.165) is 36.2 Å². The zero-order valence-corrected chi connectivity index (χ0v) is 6.60. The Hall–Kier alpha value is -0.860. The molecule has 1 aliphatic rings. The number of hydrogen-bond acceptors (Lipinski definition) is 1. The van der Waals surface area contributed by atoms with Crippen LogP contribution in [0.1, 0.15) is 29.8 Å². The molecule has 2 nitrogen and oxygen atoms in total. The second-order valence-electron chi connectivity index (χ2n) is 3.08. The van der Waals surface area contributed by atoms with Crippen LogP contribution in [0.25, 0.3) is 0 Å². The third kappa shape index (κ3) is 0.951. The van der Waals surface area contributed by atoms with Gasteiger partial charge < -0.3 is 0 Å². The maximum atomic E-state index is 12.9. The molecule has 0 amide bonds. The lowest BCUT2D eigenvalue weighted by Crippen LogP contribution is -2.03. The predicted molar refractivity (Wildman–Crippen MR) is 40.1 cm³/mol. The smallest absolute Gasteiger partial charge is 0.0778 e. The molecule has 0 radical (unpaired) electrons. The molecule has 0 aliphatic heterocycles. The number of rotatable bonds is 0. The van der Waals surface area contributed by atoms with Gasteiger partial charge in [0, 0.05) is 0 Å². The Morgan fingerprint density at radius 2 is 2.09 bits per heavy atom. The lowest BCUT2D eigenvalue weighted by Gasteiger charge is -2.09.